The first-order chi connectivity index (χ1) is 10.1. The molecule has 110 valence electrons. The van der Waals surface area contributed by atoms with Gasteiger partial charge in [0, 0.05) is 17.6 Å². The Balaban J connectivity index is 2.08. The summed E-state index contributed by atoms with van der Waals surface area (Å²) >= 11 is 7.60. The number of benzene rings is 1. The third kappa shape index (κ3) is 4.21. The molecule has 0 unspecified atom stereocenters. The number of hydrogen-bond acceptors (Lipinski definition) is 3. The molecule has 0 atom stereocenters. The SMILES string of the molecule is CNC(=O)Nc1ccc(Cl)c(C(=O)NCc2cccs2)c1. The fourth-order valence-electron chi connectivity index (χ4n) is 1.65. The van der Waals surface area contributed by atoms with Gasteiger partial charge in [-0.1, -0.05) is 17.7 Å². The number of rotatable bonds is 4. The van der Waals surface area contributed by atoms with Gasteiger partial charge in [-0.25, -0.2) is 4.79 Å². The van der Waals surface area contributed by atoms with Gasteiger partial charge in [-0.05, 0) is 29.6 Å². The van der Waals surface area contributed by atoms with Gasteiger partial charge in [-0.15, -0.1) is 11.3 Å². The van der Waals surface area contributed by atoms with E-state index < -0.39 is 0 Å². The third-order valence-electron chi connectivity index (χ3n) is 2.70. The number of hydrogen-bond donors (Lipinski definition) is 3. The van der Waals surface area contributed by atoms with Crippen LogP contribution in [0, 0.1) is 0 Å². The number of nitrogens with one attached hydrogen (secondary N) is 3. The predicted octanol–water partition coefficient (Wildman–Crippen LogP) is 3.08. The molecule has 0 fully saturated rings. The Morgan fingerprint density at radius 2 is 2.10 bits per heavy atom. The first kappa shape index (κ1) is 15.3. The van der Waals surface area contributed by atoms with E-state index in [4.69, 9.17) is 11.6 Å². The molecule has 0 spiro atoms. The zero-order chi connectivity index (χ0) is 15.2. The quantitative estimate of drug-likeness (QED) is 0.809. The Kier molecular flexibility index (Phi) is 5.19. The minimum Gasteiger partial charge on any atom is -0.347 e. The fourth-order valence-corrected chi connectivity index (χ4v) is 2.49. The largest absolute Gasteiger partial charge is 0.347 e. The molecular weight excluding hydrogens is 310 g/mol. The lowest BCUT2D eigenvalue weighted by Crippen LogP contribution is -2.25. The number of carbonyl (C=O) groups is 2. The highest BCUT2D eigenvalue weighted by molar-refractivity contribution is 7.09. The molecule has 1 heterocycles. The van der Waals surface area contributed by atoms with Crippen LogP contribution in [-0.4, -0.2) is 19.0 Å². The van der Waals surface area contributed by atoms with E-state index in [-0.39, 0.29) is 11.9 Å². The van der Waals surface area contributed by atoms with Gasteiger partial charge in [0.15, 0.2) is 0 Å². The summed E-state index contributed by atoms with van der Waals surface area (Å²) in [4.78, 5) is 24.5. The maximum atomic E-state index is 12.1. The molecular formula is C14H14ClN3O2S. The minimum atomic E-state index is -0.359. The van der Waals surface area contributed by atoms with Crippen molar-refractivity contribution in [3.8, 4) is 0 Å². The number of amides is 3. The van der Waals surface area contributed by atoms with Crippen LogP contribution in [0.25, 0.3) is 0 Å². The highest BCUT2D eigenvalue weighted by Crippen LogP contribution is 2.21. The first-order valence-electron chi connectivity index (χ1n) is 6.19. The lowest BCUT2D eigenvalue weighted by Gasteiger charge is -2.09. The number of halogens is 1. The smallest absolute Gasteiger partial charge is 0.318 e. The Morgan fingerprint density at radius 3 is 2.76 bits per heavy atom. The Morgan fingerprint density at radius 1 is 1.29 bits per heavy atom. The van der Waals surface area contributed by atoms with Crippen LogP contribution >= 0.6 is 22.9 Å². The lowest BCUT2D eigenvalue weighted by atomic mass is 10.2. The third-order valence-corrected chi connectivity index (χ3v) is 3.91. The summed E-state index contributed by atoms with van der Waals surface area (Å²) in [6, 6.07) is 8.26. The van der Waals surface area contributed by atoms with Crippen LogP contribution < -0.4 is 16.0 Å². The summed E-state index contributed by atoms with van der Waals surface area (Å²) in [5, 5.41) is 10.1. The van der Waals surface area contributed by atoms with Gasteiger partial charge >= 0.3 is 6.03 Å². The summed E-state index contributed by atoms with van der Waals surface area (Å²) in [7, 11) is 1.51. The van der Waals surface area contributed by atoms with Crippen molar-refractivity contribution < 1.29 is 9.59 Å². The summed E-state index contributed by atoms with van der Waals surface area (Å²) in [6.07, 6.45) is 0. The number of carbonyl (C=O) groups excluding carboxylic acids is 2. The van der Waals surface area contributed by atoms with E-state index in [0.29, 0.717) is 22.8 Å². The van der Waals surface area contributed by atoms with Crippen molar-refractivity contribution >= 4 is 40.6 Å². The van der Waals surface area contributed by atoms with Crippen LogP contribution in [0.5, 0.6) is 0 Å². The van der Waals surface area contributed by atoms with Gasteiger partial charge in [0.25, 0.3) is 5.91 Å². The number of anilines is 1. The molecule has 0 radical (unpaired) electrons. The molecule has 0 aliphatic carbocycles. The highest BCUT2D eigenvalue weighted by atomic mass is 35.5. The van der Waals surface area contributed by atoms with Crippen molar-refractivity contribution in [3.63, 3.8) is 0 Å². The van der Waals surface area contributed by atoms with Crippen LogP contribution in [0.4, 0.5) is 10.5 Å². The van der Waals surface area contributed by atoms with Gasteiger partial charge in [0.1, 0.15) is 0 Å². The zero-order valence-electron chi connectivity index (χ0n) is 11.3. The van der Waals surface area contributed by atoms with Gasteiger partial charge < -0.3 is 16.0 Å². The second kappa shape index (κ2) is 7.10. The molecule has 2 rings (SSSR count). The summed E-state index contributed by atoms with van der Waals surface area (Å²) in [5.41, 5.74) is 0.821. The van der Waals surface area contributed by atoms with Gasteiger partial charge in [0.05, 0.1) is 17.1 Å². The monoisotopic (exact) mass is 323 g/mol. The Hall–Kier alpha value is -2.05. The van der Waals surface area contributed by atoms with Crippen molar-refractivity contribution in [3.05, 3.63) is 51.2 Å². The average Bonchev–Trinajstić information content (AvgIpc) is 3.00. The highest BCUT2D eigenvalue weighted by Gasteiger charge is 2.12. The van der Waals surface area contributed by atoms with Gasteiger partial charge in [-0.2, -0.15) is 0 Å². The molecule has 1 aromatic carbocycles. The zero-order valence-corrected chi connectivity index (χ0v) is 12.8. The maximum Gasteiger partial charge on any atom is 0.318 e. The molecule has 0 saturated heterocycles. The maximum absolute atomic E-state index is 12.1. The molecule has 0 aliphatic rings. The predicted molar refractivity (Wildman–Crippen MR) is 85.0 cm³/mol. The average molecular weight is 324 g/mol. The Bertz CT molecular complexity index is 644. The molecule has 0 saturated carbocycles. The van der Waals surface area contributed by atoms with Crippen molar-refractivity contribution in [2.45, 2.75) is 6.54 Å². The lowest BCUT2D eigenvalue weighted by molar-refractivity contribution is 0.0951. The van der Waals surface area contributed by atoms with Crippen LogP contribution in [0.15, 0.2) is 35.7 Å². The second-order valence-electron chi connectivity index (χ2n) is 4.16. The molecule has 2 aromatic rings. The molecule has 0 bridgehead atoms. The van der Waals surface area contributed by atoms with Crippen molar-refractivity contribution in [1.82, 2.24) is 10.6 Å². The standard InChI is InChI=1S/C14H14ClN3O2S/c1-16-14(20)18-9-4-5-12(15)11(7-9)13(19)17-8-10-3-2-6-21-10/h2-7H,8H2,1H3,(H,17,19)(H2,16,18,20). The van der Waals surface area contributed by atoms with E-state index in [1.165, 1.54) is 7.05 Å². The fraction of sp³-hybridized carbons (Fsp3) is 0.143. The van der Waals surface area contributed by atoms with E-state index in [9.17, 15) is 9.59 Å². The molecule has 21 heavy (non-hydrogen) atoms. The van der Waals surface area contributed by atoms with Crippen molar-refractivity contribution in [1.29, 1.82) is 0 Å². The van der Waals surface area contributed by atoms with E-state index in [1.54, 1.807) is 29.5 Å². The molecule has 3 amide bonds. The van der Waals surface area contributed by atoms with Crippen LogP contribution in [0.1, 0.15) is 15.2 Å². The first-order valence-corrected chi connectivity index (χ1v) is 7.45. The number of urea groups is 1. The summed E-state index contributed by atoms with van der Waals surface area (Å²) < 4.78 is 0. The Labute approximate surface area is 131 Å². The minimum absolute atomic E-state index is 0.283. The van der Waals surface area contributed by atoms with Crippen molar-refractivity contribution in [2.24, 2.45) is 0 Å². The second-order valence-corrected chi connectivity index (χ2v) is 5.60. The van der Waals surface area contributed by atoms with Crippen molar-refractivity contribution in [2.75, 3.05) is 12.4 Å². The molecule has 0 aliphatic heterocycles. The van der Waals surface area contributed by atoms with E-state index in [0.717, 1.165) is 4.88 Å². The molecule has 5 nitrogen and oxygen atoms in total. The molecule has 3 N–H and O–H groups in total. The van der Waals surface area contributed by atoms with E-state index in [2.05, 4.69) is 16.0 Å². The van der Waals surface area contributed by atoms with E-state index >= 15 is 0 Å². The van der Waals surface area contributed by atoms with Gasteiger partial charge in [-0.3, -0.25) is 4.79 Å². The molecule has 7 heteroatoms. The van der Waals surface area contributed by atoms with E-state index in [1.807, 2.05) is 17.5 Å². The van der Waals surface area contributed by atoms with Crippen LogP contribution in [0.3, 0.4) is 0 Å². The summed E-state index contributed by atoms with van der Waals surface area (Å²) in [6.45, 7) is 0.444. The van der Waals surface area contributed by atoms with Crippen LogP contribution in [-0.2, 0) is 6.54 Å². The molecule has 1 aromatic heterocycles. The summed E-state index contributed by atoms with van der Waals surface area (Å²) in [5.74, 6) is -0.283. The van der Waals surface area contributed by atoms with Gasteiger partial charge in [0.2, 0.25) is 0 Å². The van der Waals surface area contributed by atoms with Crippen LogP contribution in [0.2, 0.25) is 5.02 Å². The normalized spacial score (nSPS) is 10.0. The number of thiophene rings is 1. The topological polar surface area (TPSA) is 70.2 Å².